The van der Waals surface area contributed by atoms with E-state index in [9.17, 15) is 4.79 Å². The van der Waals surface area contributed by atoms with E-state index in [4.69, 9.17) is 0 Å². The van der Waals surface area contributed by atoms with Crippen molar-refractivity contribution < 1.29 is 0 Å². The Morgan fingerprint density at radius 3 is 3.11 bits per heavy atom. The Kier molecular flexibility index (Phi) is 3.18. The number of H-pyrrole nitrogens is 1. The second kappa shape index (κ2) is 4.82. The maximum absolute atomic E-state index is 11.7. The second-order valence-electron chi connectivity index (χ2n) is 3.53. The molecule has 0 amide bonds. The third-order valence-corrected chi connectivity index (χ3v) is 4.57. The molecule has 1 aliphatic heterocycles. The number of nitrogens with zero attached hydrogens (tertiary/aromatic N) is 1. The maximum Gasteiger partial charge on any atom is 0.278 e. The third kappa shape index (κ3) is 2.33. The smallest absolute Gasteiger partial charge is 0.278 e. The van der Waals surface area contributed by atoms with Crippen LogP contribution in [0.3, 0.4) is 0 Å². The lowest BCUT2D eigenvalue weighted by Crippen LogP contribution is -2.14. The highest BCUT2D eigenvalue weighted by Crippen LogP contribution is 2.27. The van der Waals surface area contributed by atoms with E-state index in [1.54, 1.807) is 11.3 Å². The number of thiophene rings is 1. The standard InChI is InChI=1S/C9H8BrN5OS2/c10-4-1-5(17-3-4)2-11-9-12-7-6(8(16)13-9)14-18-15-7/h1,3,14H,2H2,(H3,11,12,13,15,16). The van der Waals surface area contributed by atoms with Crippen LogP contribution in [0.4, 0.5) is 17.5 Å². The van der Waals surface area contributed by atoms with E-state index in [1.165, 1.54) is 12.1 Å². The van der Waals surface area contributed by atoms with Crippen LogP contribution < -0.4 is 20.3 Å². The topological polar surface area (TPSA) is 81.8 Å². The Balaban J connectivity index is 1.77. The van der Waals surface area contributed by atoms with Crippen LogP contribution in [0.2, 0.25) is 0 Å². The van der Waals surface area contributed by atoms with Gasteiger partial charge in [-0.25, -0.2) is 0 Å². The first-order valence-electron chi connectivity index (χ1n) is 5.01. The van der Waals surface area contributed by atoms with Crippen molar-refractivity contribution in [3.8, 4) is 0 Å². The zero-order valence-corrected chi connectivity index (χ0v) is 12.1. The molecule has 0 atom stereocenters. The van der Waals surface area contributed by atoms with E-state index < -0.39 is 0 Å². The van der Waals surface area contributed by atoms with Gasteiger partial charge in [0.15, 0.2) is 11.5 Å². The van der Waals surface area contributed by atoms with Gasteiger partial charge in [0, 0.05) is 14.7 Å². The monoisotopic (exact) mass is 345 g/mol. The van der Waals surface area contributed by atoms with Gasteiger partial charge in [-0.3, -0.25) is 14.5 Å². The molecule has 18 heavy (non-hydrogen) atoms. The number of nitrogens with one attached hydrogen (secondary N) is 4. The molecule has 94 valence electrons. The van der Waals surface area contributed by atoms with E-state index in [0.29, 0.717) is 24.0 Å². The van der Waals surface area contributed by atoms with Gasteiger partial charge in [-0.05, 0) is 22.0 Å². The first-order chi connectivity index (χ1) is 8.72. The van der Waals surface area contributed by atoms with Crippen molar-refractivity contribution in [2.75, 3.05) is 14.8 Å². The Morgan fingerprint density at radius 1 is 1.44 bits per heavy atom. The fourth-order valence-electron chi connectivity index (χ4n) is 1.47. The number of hydrogen-bond acceptors (Lipinski definition) is 7. The molecule has 2 aromatic heterocycles. The molecule has 0 radical (unpaired) electrons. The molecule has 0 aliphatic carbocycles. The fraction of sp³-hybridized carbons (Fsp3) is 0.111. The van der Waals surface area contributed by atoms with Gasteiger partial charge >= 0.3 is 0 Å². The molecule has 4 N–H and O–H groups in total. The summed E-state index contributed by atoms with van der Waals surface area (Å²) in [6.45, 7) is 0.624. The quantitative estimate of drug-likeness (QED) is 0.640. The zero-order chi connectivity index (χ0) is 12.5. The van der Waals surface area contributed by atoms with Crippen molar-refractivity contribution >= 4 is 56.9 Å². The van der Waals surface area contributed by atoms with Crippen molar-refractivity contribution in [2.24, 2.45) is 0 Å². The summed E-state index contributed by atoms with van der Waals surface area (Å²) in [6.07, 6.45) is 0. The van der Waals surface area contributed by atoms with Crippen molar-refractivity contribution in [3.63, 3.8) is 0 Å². The minimum absolute atomic E-state index is 0.188. The second-order valence-corrected chi connectivity index (χ2v) is 6.05. The minimum atomic E-state index is -0.188. The molecule has 2 aromatic rings. The summed E-state index contributed by atoms with van der Waals surface area (Å²) in [7, 11) is 0. The molecule has 9 heteroatoms. The number of fused-ring (bicyclic) bond motifs is 1. The average molecular weight is 346 g/mol. The van der Waals surface area contributed by atoms with Crippen LogP contribution in [0, 0.1) is 0 Å². The first kappa shape index (κ1) is 11.9. The van der Waals surface area contributed by atoms with E-state index in [2.05, 4.69) is 40.7 Å². The molecule has 1 aliphatic rings. The summed E-state index contributed by atoms with van der Waals surface area (Å²) < 4.78 is 6.81. The van der Waals surface area contributed by atoms with Gasteiger partial charge in [0.2, 0.25) is 5.95 Å². The number of halogens is 1. The lowest BCUT2D eigenvalue weighted by Gasteiger charge is -2.04. The Hall–Kier alpha value is -1.19. The summed E-state index contributed by atoms with van der Waals surface area (Å²) in [4.78, 5) is 19.8. The van der Waals surface area contributed by atoms with Crippen LogP contribution in [-0.4, -0.2) is 9.97 Å². The van der Waals surface area contributed by atoms with Gasteiger partial charge in [0.1, 0.15) is 0 Å². The number of aromatic nitrogens is 2. The molecule has 0 spiro atoms. The highest BCUT2D eigenvalue weighted by atomic mass is 79.9. The van der Waals surface area contributed by atoms with Crippen molar-refractivity contribution in [1.82, 2.24) is 9.97 Å². The molecular weight excluding hydrogens is 338 g/mol. The molecular formula is C9H8BrN5OS2. The van der Waals surface area contributed by atoms with Crippen molar-refractivity contribution in [2.45, 2.75) is 6.54 Å². The minimum Gasteiger partial charge on any atom is -0.351 e. The van der Waals surface area contributed by atoms with Crippen LogP contribution in [0.25, 0.3) is 0 Å². The fourth-order valence-corrected chi connectivity index (χ4v) is 3.45. The van der Waals surface area contributed by atoms with Gasteiger partial charge in [-0.15, -0.1) is 11.3 Å². The summed E-state index contributed by atoms with van der Waals surface area (Å²) >= 11 is 6.27. The molecule has 3 heterocycles. The van der Waals surface area contributed by atoms with Gasteiger partial charge in [-0.2, -0.15) is 4.98 Å². The van der Waals surface area contributed by atoms with E-state index in [0.717, 1.165) is 9.35 Å². The van der Waals surface area contributed by atoms with Crippen molar-refractivity contribution in [1.29, 1.82) is 0 Å². The summed E-state index contributed by atoms with van der Waals surface area (Å²) in [5.41, 5.74) is 0.275. The van der Waals surface area contributed by atoms with Gasteiger partial charge in [0.25, 0.3) is 5.56 Å². The largest absolute Gasteiger partial charge is 0.351 e. The highest BCUT2D eigenvalue weighted by Gasteiger charge is 2.16. The summed E-state index contributed by atoms with van der Waals surface area (Å²) in [6, 6.07) is 2.03. The number of hydrogen-bond donors (Lipinski definition) is 4. The molecule has 3 rings (SSSR count). The first-order valence-corrected chi connectivity index (χ1v) is 7.50. The number of anilines is 3. The summed E-state index contributed by atoms with van der Waals surface area (Å²) in [5, 5.41) is 5.10. The molecule has 0 unspecified atom stereocenters. The number of rotatable bonds is 3. The molecule has 0 bridgehead atoms. The lowest BCUT2D eigenvalue weighted by molar-refractivity contribution is 1.06. The normalized spacial score (nSPS) is 12.7. The Bertz CT molecular complexity index is 640. The molecule has 0 aromatic carbocycles. The molecule has 6 nitrogen and oxygen atoms in total. The number of aromatic amines is 1. The van der Waals surface area contributed by atoms with Crippen LogP contribution in [0.15, 0.2) is 20.7 Å². The predicted octanol–water partition coefficient (Wildman–Crippen LogP) is 2.61. The van der Waals surface area contributed by atoms with Gasteiger partial charge in [0.05, 0.1) is 18.7 Å². The zero-order valence-electron chi connectivity index (χ0n) is 8.91. The van der Waals surface area contributed by atoms with Crippen LogP contribution in [-0.2, 0) is 6.54 Å². The Morgan fingerprint density at radius 2 is 2.33 bits per heavy atom. The average Bonchev–Trinajstić information content (AvgIpc) is 2.95. The molecule has 0 saturated heterocycles. The predicted molar refractivity (Wildman–Crippen MR) is 79.0 cm³/mol. The van der Waals surface area contributed by atoms with Crippen LogP contribution >= 0.6 is 39.4 Å². The third-order valence-electron chi connectivity index (χ3n) is 2.27. The van der Waals surface area contributed by atoms with Crippen LogP contribution in [0.1, 0.15) is 4.88 Å². The maximum atomic E-state index is 11.7. The van der Waals surface area contributed by atoms with E-state index in [-0.39, 0.29) is 5.56 Å². The lowest BCUT2D eigenvalue weighted by atomic mass is 10.4. The summed E-state index contributed by atoms with van der Waals surface area (Å²) in [5.74, 6) is 1.01. The SMILES string of the molecule is O=c1[nH]c(NCc2cc(Br)cs2)nc2c1NSN2. The van der Waals surface area contributed by atoms with E-state index in [1.807, 2.05) is 11.4 Å². The van der Waals surface area contributed by atoms with Gasteiger partial charge < -0.3 is 10.0 Å². The van der Waals surface area contributed by atoms with Crippen LogP contribution in [0.5, 0.6) is 0 Å². The molecule has 0 saturated carbocycles. The Labute approximate surface area is 119 Å². The van der Waals surface area contributed by atoms with Crippen molar-refractivity contribution in [3.05, 3.63) is 31.2 Å². The van der Waals surface area contributed by atoms with E-state index >= 15 is 0 Å². The highest BCUT2D eigenvalue weighted by molar-refractivity contribution is 9.10. The van der Waals surface area contributed by atoms with Gasteiger partial charge in [-0.1, -0.05) is 0 Å². The molecule has 0 fully saturated rings.